The molecule has 1 heterocycles. The lowest BCUT2D eigenvalue weighted by Crippen LogP contribution is -2.39. The van der Waals surface area contributed by atoms with Gasteiger partial charge < -0.3 is 16.2 Å². The molecule has 5 nitrogen and oxygen atoms in total. The highest BCUT2D eigenvalue weighted by atomic mass is 16.3. The monoisotopic (exact) mass is 313 g/mol. The van der Waals surface area contributed by atoms with Crippen LogP contribution in [0.3, 0.4) is 0 Å². The summed E-state index contributed by atoms with van der Waals surface area (Å²) in [6, 6.07) is 14.7. The third-order valence-corrected chi connectivity index (χ3v) is 3.77. The molecule has 0 saturated heterocycles. The van der Waals surface area contributed by atoms with Crippen molar-refractivity contribution in [2.45, 2.75) is 31.9 Å². The molecule has 1 amide bonds. The van der Waals surface area contributed by atoms with Gasteiger partial charge in [-0.05, 0) is 30.5 Å². The summed E-state index contributed by atoms with van der Waals surface area (Å²) in [6.07, 6.45) is 1.77. The molecular formula is C18H23N3O2. The van der Waals surface area contributed by atoms with Crippen molar-refractivity contribution in [3.63, 3.8) is 0 Å². The first-order chi connectivity index (χ1) is 11.1. The van der Waals surface area contributed by atoms with Gasteiger partial charge in [-0.2, -0.15) is 0 Å². The topological polar surface area (TPSA) is 88.2 Å². The number of aromatic nitrogens is 1. The van der Waals surface area contributed by atoms with Gasteiger partial charge in [-0.25, -0.2) is 4.98 Å². The number of pyridine rings is 1. The fraction of sp³-hybridized carbons (Fsp3) is 0.333. The van der Waals surface area contributed by atoms with E-state index in [1.165, 1.54) is 0 Å². The number of carbonyl (C=O) groups is 1. The van der Waals surface area contributed by atoms with Crippen molar-refractivity contribution < 1.29 is 9.90 Å². The number of benzene rings is 1. The number of aliphatic hydroxyl groups is 1. The van der Waals surface area contributed by atoms with Crippen LogP contribution in [0.15, 0.2) is 54.7 Å². The highest BCUT2D eigenvalue weighted by Gasteiger charge is 2.22. The number of aliphatic hydroxyl groups excluding tert-OH is 1. The fourth-order valence-electron chi connectivity index (χ4n) is 2.35. The Kier molecular flexibility index (Phi) is 6.26. The Morgan fingerprint density at radius 2 is 1.91 bits per heavy atom. The number of nitrogens with zero attached hydrogens (tertiary/aromatic N) is 1. The van der Waals surface area contributed by atoms with Gasteiger partial charge in [0.15, 0.2) is 0 Å². The molecule has 0 bridgehead atoms. The van der Waals surface area contributed by atoms with Crippen molar-refractivity contribution >= 4 is 11.7 Å². The van der Waals surface area contributed by atoms with Gasteiger partial charge in [-0.3, -0.25) is 4.79 Å². The number of carbonyl (C=O) groups excluding carboxylic acids is 1. The van der Waals surface area contributed by atoms with Crippen molar-refractivity contribution in [3.8, 4) is 0 Å². The van der Waals surface area contributed by atoms with Gasteiger partial charge in [0.25, 0.3) is 0 Å². The Morgan fingerprint density at radius 3 is 2.57 bits per heavy atom. The van der Waals surface area contributed by atoms with E-state index in [9.17, 15) is 9.90 Å². The average Bonchev–Trinajstić information content (AvgIpc) is 2.56. The van der Waals surface area contributed by atoms with Crippen LogP contribution in [0.4, 0.5) is 5.82 Å². The average molecular weight is 313 g/mol. The van der Waals surface area contributed by atoms with Crippen molar-refractivity contribution in [1.29, 1.82) is 0 Å². The predicted octanol–water partition coefficient (Wildman–Crippen LogP) is 1.98. The molecule has 23 heavy (non-hydrogen) atoms. The van der Waals surface area contributed by atoms with Crippen LogP contribution in [0.1, 0.15) is 18.9 Å². The molecule has 0 aliphatic heterocycles. The van der Waals surface area contributed by atoms with E-state index in [1.807, 2.05) is 30.3 Å². The van der Waals surface area contributed by atoms with Gasteiger partial charge in [-0.1, -0.05) is 43.3 Å². The molecule has 0 fully saturated rings. The van der Waals surface area contributed by atoms with Gasteiger partial charge in [0, 0.05) is 18.2 Å². The lowest BCUT2D eigenvalue weighted by atomic mass is 9.94. The molecule has 2 aromatic rings. The van der Waals surface area contributed by atoms with Gasteiger partial charge >= 0.3 is 0 Å². The maximum absolute atomic E-state index is 12.1. The first-order valence-electron chi connectivity index (χ1n) is 7.75. The second kappa shape index (κ2) is 8.41. The zero-order valence-corrected chi connectivity index (χ0v) is 13.2. The fourth-order valence-corrected chi connectivity index (χ4v) is 2.35. The summed E-state index contributed by atoms with van der Waals surface area (Å²) in [6.45, 7) is 1.77. The van der Waals surface area contributed by atoms with Crippen LogP contribution in [0.25, 0.3) is 0 Å². The maximum atomic E-state index is 12.1. The van der Waals surface area contributed by atoms with Crippen LogP contribution in [-0.4, -0.2) is 28.1 Å². The summed E-state index contributed by atoms with van der Waals surface area (Å²) in [4.78, 5) is 16.2. The SMILES string of the molecule is C[C@H](C[C@H](O)[C@@H](N)Cc1ccccc1)C(=O)Nc1ccccn1. The normalized spacial score (nSPS) is 14.7. The maximum Gasteiger partial charge on any atom is 0.228 e. The first kappa shape index (κ1) is 17.1. The Morgan fingerprint density at radius 1 is 1.22 bits per heavy atom. The lowest BCUT2D eigenvalue weighted by molar-refractivity contribution is -0.120. The minimum atomic E-state index is -0.736. The Bertz CT molecular complexity index is 604. The molecule has 0 saturated carbocycles. The van der Waals surface area contributed by atoms with Crippen LogP contribution in [0.5, 0.6) is 0 Å². The predicted molar refractivity (Wildman–Crippen MR) is 90.8 cm³/mol. The molecule has 5 heteroatoms. The molecule has 0 radical (unpaired) electrons. The van der Waals surface area contributed by atoms with Crippen LogP contribution in [-0.2, 0) is 11.2 Å². The highest BCUT2D eigenvalue weighted by Crippen LogP contribution is 2.14. The molecule has 0 spiro atoms. The zero-order chi connectivity index (χ0) is 16.7. The molecule has 1 aromatic heterocycles. The molecule has 1 aromatic carbocycles. The lowest BCUT2D eigenvalue weighted by Gasteiger charge is -2.22. The highest BCUT2D eigenvalue weighted by molar-refractivity contribution is 5.91. The summed E-state index contributed by atoms with van der Waals surface area (Å²) in [5, 5.41) is 13.0. The van der Waals surface area contributed by atoms with Gasteiger partial charge in [0.1, 0.15) is 5.82 Å². The van der Waals surface area contributed by atoms with Gasteiger partial charge in [-0.15, -0.1) is 0 Å². The molecular weight excluding hydrogens is 290 g/mol. The minimum Gasteiger partial charge on any atom is -0.391 e. The Balaban J connectivity index is 1.83. The number of hydrogen-bond acceptors (Lipinski definition) is 4. The summed E-state index contributed by atoms with van der Waals surface area (Å²) in [5.74, 6) is -0.0177. The van der Waals surface area contributed by atoms with Gasteiger partial charge in [0.05, 0.1) is 6.10 Å². The van der Waals surface area contributed by atoms with Crippen LogP contribution >= 0.6 is 0 Å². The molecule has 0 unspecified atom stereocenters. The van der Waals surface area contributed by atoms with E-state index in [1.54, 1.807) is 31.3 Å². The quantitative estimate of drug-likeness (QED) is 0.729. The van der Waals surface area contributed by atoms with E-state index in [0.717, 1.165) is 5.56 Å². The van der Waals surface area contributed by atoms with Crippen LogP contribution in [0.2, 0.25) is 0 Å². The van der Waals surface area contributed by atoms with Crippen molar-refractivity contribution in [2.24, 2.45) is 11.7 Å². The summed E-state index contributed by atoms with van der Waals surface area (Å²) in [7, 11) is 0. The standard InChI is InChI=1S/C18H23N3O2/c1-13(18(23)21-17-9-5-6-10-20-17)11-16(22)15(19)12-14-7-3-2-4-8-14/h2-10,13,15-16,22H,11-12,19H2,1H3,(H,20,21,23)/t13-,15+,16+/m1/s1. The third kappa shape index (κ3) is 5.47. The van der Waals surface area contributed by atoms with E-state index in [-0.39, 0.29) is 11.8 Å². The van der Waals surface area contributed by atoms with E-state index in [2.05, 4.69) is 10.3 Å². The molecule has 122 valence electrons. The molecule has 0 aliphatic carbocycles. The van der Waals surface area contributed by atoms with Crippen LogP contribution < -0.4 is 11.1 Å². The number of rotatable bonds is 7. The number of anilines is 1. The van der Waals surface area contributed by atoms with Crippen molar-refractivity contribution in [3.05, 3.63) is 60.3 Å². The number of hydrogen-bond donors (Lipinski definition) is 3. The first-order valence-corrected chi connectivity index (χ1v) is 7.75. The molecule has 4 N–H and O–H groups in total. The Hall–Kier alpha value is -2.24. The van der Waals surface area contributed by atoms with Crippen molar-refractivity contribution in [1.82, 2.24) is 4.98 Å². The third-order valence-electron chi connectivity index (χ3n) is 3.77. The summed E-state index contributed by atoms with van der Waals surface area (Å²) < 4.78 is 0. The van der Waals surface area contributed by atoms with E-state index in [0.29, 0.717) is 18.7 Å². The minimum absolute atomic E-state index is 0.172. The van der Waals surface area contributed by atoms with Crippen molar-refractivity contribution in [2.75, 3.05) is 5.32 Å². The number of nitrogens with one attached hydrogen (secondary N) is 1. The summed E-state index contributed by atoms with van der Waals surface area (Å²) in [5.41, 5.74) is 7.13. The molecule has 3 atom stereocenters. The second-order valence-electron chi connectivity index (χ2n) is 5.76. The van der Waals surface area contributed by atoms with E-state index < -0.39 is 12.1 Å². The van der Waals surface area contributed by atoms with Gasteiger partial charge in [0.2, 0.25) is 5.91 Å². The zero-order valence-electron chi connectivity index (χ0n) is 13.2. The van der Waals surface area contributed by atoms with Crippen LogP contribution in [0, 0.1) is 5.92 Å². The number of amides is 1. The molecule has 0 aliphatic rings. The largest absolute Gasteiger partial charge is 0.391 e. The van der Waals surface area contributed by atoms with E-state index >= 15 is 0 Å². The smallest absolute Gasteiger partial charge is 0.228 e. The summed E-state index contributed by atoms with van der Waals surface area (Å²) >= 11 is 0. The number of nitrogens with two attached hydrogens (primary N) is 1. The molecule has 2 rings (SSSR count). The second-order valence-corrected chi connectivity index (χ2v) is 5.76. The Labute approximate surface area is 136 Å². The van der Waals surface area contributed by atoms with E-state index in [4.69, 9.17) is 5.73 Å².